The summed E-state index contributed by atoms with van der Waals surface area (Å²) in [6.45, 7) is 1.74. The molecular formula is C12H19N3O2. The molecule has 0 atom stereocenters. The summed E-state index contributed by atoms with van der Waals surface area (Å²) in [6.07, 6.45) is 0. The van der Waals surface area contributed by atoms with Gasteiger partial charge in [0.15, 0.2) is 0 Å². The fraction of sp³-hybridized carbons (Fsp3) is 0.417. The molecule has 5 nitrogen and oxygen atoms in total. The number of likely N-dealkylation sites (N-methyl/N-ethyl adjacent to an activating group) is 2. The van der Waals surface area contributed by atoms with Gasteiger partial charge in [0.05, 0.1) is 5.56 Å². The SMILES string of the molecule is CN(C)CCN(C)c1ccc(N)c(C(=O)O)c1. The number of carboxylic acids is 1. The summed E-state index contributed by atoms with van der Waals surface area (Å²) in [7, 11) is 5.93. The van der Waals surface area contributed by atoms with E-state index in [-0.39, 0.29) is 5.56 Å². The van der Waals surface area contributed by atoms with Gasteiger partial charge in [-0.2, -0.15) is 0 Å². The van der Waals surface area contributed by atoms with Crippen molar-refractivity contribution >= 4 is 17.3 Å². The Labute approximate surface area is 101 Å². The average Bonchev–Trinajstić information content (AvgIpc) is 2.26. The molecule has 1 rings (SSSR count). The number of carboxylic acid groups (broad SMARTS) is 1. The van der Waals surface area contributed by atoms with Crippen LogP contribution in [-0.2, 0) is 0 Å². The number of benzene rings is 1. The summed E-state index contributed by atoms with van der Waals surface area (Å²) >= 11 is 0. The zero-order chi connectivity index (χ0) is 13.0. The van der Waals surface area contributed by atoms with Crippen LogP contribution >= 0.6 is 0 Å². The van der Waals surface area contributed by atoms with E-state index < -0.39 is 5.97 Å². The van der Waals surface area contributed by atoms with Gasteiger partial charge in [-0.15, -0.1) is 0 Å². The standard InChI is InChI=1S/C12H19N3O2/c1-14(2)6-7-15(3)9-4-5-11(13)10(8-9)12(16)17/h4-5,8H,6-7,13H2,1-3H3,(H,16,17). The Morgan fingerprint density at radius 2 is 1.94 bits per heavy atom. The smallest absolute Gasteiger partial charge is 0.337 e. The number of nitrogen functional groups attached to an aromatic ring is 1. The van der Waals surface area contributed by atoms with E-state index >= 15 is 0 Å². The highest BCUT2D eigenvalue weighted by atomic mass is 16.4. The van der Waals surface area contributed by atoms with Crippen molar-refractivity contribution in [2.45, 2.75) is 0 Å². The van der Waals surface area contributed by atoms with E-state index in [1.807, 2.05) is 32.1 Å². The van der Waals surface area contributed by atoms with Crippen LogP contribution < -0.4 is 10.6 Å². The monoisotopic (exact) mass is 237 g/mol. The van der Waals surface area contributed by atoms with Gasteiger partial charge in [0.25, 0.3) is 0 Å². The van der Waals surface area contributed by atoms with Gasteiger partial charge in [-0.05, 0) is 32.3 Å². The first-order valence-electron chi connectivity index (χ1n) is 5.40. The minimum atomic E-state index is -0.995. The maximum Gasteiger partial charge on any atom is 0.337 e. The lowest BCUT2D eigenvalue weighted by atomic mass is 10.1. The number of nitrogens with zero attached hydrogens (tertiary/aromatic N) is 2. The molecule has 5 heteroatoms. The molecule has 0 fully saturated rings. The summed E-state index contributed by atoms with van der Waals surface area (Å²) in [5, 5.41) is 8.98. The fourth-order valence-corrected chi connectivity index (χ4v) is 1.45. The number of hydrogen-bond acceptors (Lipinski definition) is 4. The molecule has 0 aliphatic heterocycles. The zero-order valence-corrected chi connectivity index (χ0v) is 10.5. The summed E-state index contributed by atoms with van der Waals surface area (Å²) < 4.78 is 0. The van der Waals surface area contributed by atoms with E-state index in [1.54, 1.807) is 12.1 Å². The topological polar surface area (TPSA) is 69.8 Å². The van der Waals surface area contributed by atoms with E-state index in [0.717, 1.165) is 18.8 Å². The molecule has 0 amide bonds. The van der Waals surface area contributed by atoms with Crippen LogP contribution in [0.5, 0.6) is 0 Å². The Hall–Kier alpha value is -1.75. The van der Waals surface area contributed by atoms with Crippen molar-refractivity contribution in [1.82, 2.24) is 4.90 Å². The van der Waals surface area contributed by atoms with Crippen LogP contribution in [0.4, 0.5) is 11.4 Å². The number of rotatable bonds is 5. The van der Waals surface area contributed by atoms with Gasteiger partial charge in [0.2, 0.25) is 0 Å². The van der Waals surface area contributed by atoms with Gasteiger partial charge in [-0.25, -0.2) is 4.79 Å². The lowest BCUT2D eigenvalue weighted by molar-refractivity contribution is 0.0698. The summed E-state index contributed by atoms with van der Waals surface area (Å²) in [4.78, 5) is 15.0. The summed E-state index contributed by atoms with van der Waals surface area (Å²) in [5.41, 5.74) is 6.91. The predicted octanol–water partition coefficient (Wildman–Crippen LogP) is 0.965. The number of carbonyl (C=O) groups is 1. The Kier molecular flexibility index (Phi) is 4.34. The van der Waals surface area contributed by atoms with Crippen LogP contribution in [0.3, 0.4) is 0 Å². The summed E-state index contributed by atoms with van der Waals surface area (Å²) in [5.74, 6) is -0.995. The molecule has 0 bridgehead atoms. The first-order chi connectivity index (χ1) is 7.91. The molecule has 94 valence electrons. The minimum Gasteiger partial charge on any atom is -0.478 e. The Morgan fingerprint density at radius 3 is 2.47 bits per heavy atom. The van der Waals surface area contributed by atoms with Crippen molar-refractivity contribution in [3.63, 3.8) is 0 Å². The number of aromatic carboxylic acids is 1. The molecule has 0 radical (unpaired) electrons. The molecule has 0 spiro atoms. The van der Waals surface area contributed by atoms with Crippen molar-refractivity contribution in [1.29, 1.82) is 0 Å². The summed E-state index contributed by atoms with van der Waals surface area (Å²) in [6, 6.07) is 5.07. The Morgan fingerprint density at radius 1 is 1.29 bits per heavy atom. The third-order valence-corrected chi connectivity index (χ3v) is 2.59. The van der Waals surface area contributed by atoms with Crippen molar-refractivity contribution in [3.05, 3.63) is 23.8 Å². The fourth-order valence-electron chi connectivity index (χ4n) is 1.45. The van der Waals surface area contributed by atoms with E-state index in [0.29, 0.717) is 5.69 Å². The highest BCUT2D eigenvalue weighted by Gasteiger charge is 2.10. The van der Waals surface area contributed by atoms with Crippen molar-refractivity contribution in [2.75, 3.05) is 44.9 Å². The van der Waals surface area contributed by atoms with E-state index in [2.05, 4.69) is 4.90 Å². The number of hydrogen-bond donors (Lipinski definition) is 2. The second-order valence-electron chi connectivity index (χ2n) is 4.30. The molecule has 1 aromatic carbocycles. The molecule has 0 aliphatic rings. The highest BCUT2D eigenvalue weighted by molar-refractivity contribution is 5.94. The van der Waals surface area contributed by atoms with Crippen LogP contribution in [0.25, 0.3) is 0 Å². The van der Waals surface area contributed by atoms with Crippen molar-refractivity contribution < 1.29 is 9.90 Å². The molecule has 0 unspecified atom stereocenters. The average molecular weight is 237 g/mol. The van der Waals surface area contributed by atoms with Gasteiger partial charge in [0, 0.05) is 31.5 Å². The molecule has 0 saturated carbocycles. The van der Waals surface area contributed by atoms with Gasteiger partial charge < -0.3 is 20.6 Å². The molecule has 0 aromatic heterocycles. The van der Waals surface area contributed by atoms with Crippen LogP contribution in [0.2, 0.25) is 0 Å². The van der Waals surface area contributed by atoms with E-state index in [9.17, 15) is 4.79 Å². The van der Waals surface area contributed by atoms with Gasteiger partial charge in [-0.1, -0.05) is 0 Å². The highest BCUT2D eigenvalue weighted by Crippen LogP contribution is 2.20. The number of nitrogens with two attached hydrogens (primary N) is 1. The third kappa shape index (κ3) is 3.64. The normalized spacial score (nSPS) is 10.6. The van der Waals surface area contributed by atoms with Crippen molar-refractivity contribution in [3.8, 4) is 0 Å². The third-order valence-electron chi connectivity index (χ3n) is 2.59. The first-order valence-corrected chi connectivity index (χ1v) is 5.40. The van der Waals surface area contributed by atoms with Crippen molar-refractivity contribution in [2.24, 2.45) is 0 Å². The molecular weight excluding hydrogens is 218 g/mol. The molecule has 0 saturated heterocycles. The lowest BCUT2D eigenvalue weighted by Gasteiger charge is -2.22. The minimum absolute atomic E-state index is 0.152. The second kappa shape index (κ2) is 5.54. The van der Waals surface area contributed by atoms with Gasteiger partial charge in [0.1, 0.15) is 0 Å². The van der Waals surface area contributed by atoms with Crippen LogP contribution in [-0.4, -0.2) is 50.2 Å². The number of anilines is 2. The molecule has 0 heterocycles. The second-order valence-corrected chi connectivity index (χ2v) is 4.30. The molecule has 17 heavy (non-hydrogen) atoms. The molecule has 3 N–H and O–H groups in total. The largest absolute Gasteiger partial charge is 0.478 e. The lowest BCUT2D eigenvalue weighted by Crippen LogP contribution is -2.28. The van der Waals surface area contributed by atoms with Crippen LogP contribution in [0, 0.1) is 0 Å². The maximum atomic E-state index is 11.0. The quantitative estimate of drug-likeness (QED) is 0.747. The van der Waals surface area contributed by atoms with Gasteiger partial charge >= 0.3 is 5.97 Å². The molecule has 0 aliphatic carbocycles. The zero-order valence-electron chi connectivity index (χ0n) is 10.5. The predicted molar refractivity (Wildman–Crippen MR) is 69.6 cm³/mol. The van der Waals surface area contributed by atoms with Crippen LogP contribution in [0.1, 0.15) is 10.4 Å². The van der Waals surface area contributed by atoms with E-state index in [4.69, 9.17) is 10.8 Å². The maximum absolute atomic E-state index is 11.0. The molecule has 1 aromatic rings. The first kappa shape index (κ1) is 13.3. The Balaban J connectivity index is 2.84. The van der Waals surface area contributed by atoms with Crippen LogP contribution in [0.15, 0.2) is 18.2 Å². The van der Waals surface area contributed by atoms with E-state index in [1.165, 1.54) is 0 Å². The Bertz CT molecular complexity index is 405. The van der Waals surface area contributed by atoms with Gasteiger partial charge in [-0.3, -0.25) is 0 Å².